The van der Waals surface area contributed by atoms with Crippen LogP contribution in [0.2, 0.25) is 0 Å². The average Bonchev–Trinajstić information content (AvgIpc) is 3.05. The number of benzene rings is 2. The number of Topliss-reactive ketones (excluding diaryl/α,β-unsaturated/α-hetero) is 1. The van der Waals surface area contributed by atoms with Crippen LogP contribution in [-0.2, 0) is 11.2 Å². The summed E-state index contributed by atoms with van der Waals surface area (Å²) in [6, 6.07) is 9.74. The molecule has 0 amide bonds. The summed E-state index contributed by atoms with van der Waals surface area (Å²) in [6.45, 7) is 4.03. The van der Waals surface area contributed by atoms with Crippen molar-refractivity contribution in [3.8, 4) is 28.4 Å². The summed E-state index contributed by atoms with van der Waals surface area (Å²) in [7, 11) is 3.23. The molecule has 5 heteroatoms. The quantitative estimate of drug-likeness (QED) is 0.774. The average molecular weight is 368 g/mol. The Labute approximate surface area is 159 Å². The maximum absolute atomic E-state index is 12.2. The molecule has 1 saturated heterocycles. The van der Waals surface area contributed by atoms with E-state index < -0.39 is 0 Å². The van der Waals surface area contributed by atoms with E-state index in [0.29, 0.717) is 43.5 Å². The lowest BCUT2D eigenvalue weighted by Gasteiger charge is -2.37. The normalized spacial score (nSPS) is 17.2. The van der Waals surface area contributed by atoms with Crippen molar-refractivity contribution in [3.63, 3.8) is 0 Å². The van der Waals surface area contributed by atoms with E-state index in [4.69, 9.17) is 18.9 Å². The summed E-state index contributed by atoms with van der Waals surface area (Å²) in [5.41, 5.74) is 3.83. The van der Waals surface area contributed by atoms with Crippen LogP contribution in [0.3, 0.4) is 0 Å². The van der Waals surface area contributed by atoms with Crippen LogP contribution >= 0.6 is 0 Å². The van der Waals surface area contributed by atoms with E-state index in [1.807, 2.05) is 30.3 Å². The molecule has 2 aromatic rings. The van der Waals surface area contributed by atoms with Crippen LogP contribution in [0, 0.1) is 5.41 Å². The van der Waals surface area contributed by atoms with E-state index >= 15 is 0 Å². The van der Waals surface area contributed by atoms with Crippen LogP contribution in [0.25, 0.3) is 11.1 Å². The number of carbonyl (C=O) groups excluding carboxylic acids is 1. The summed E-state index contributed by atoms with van der Waals surface area (Å²) < 4.78 is 22.7. The van der Waals surface area contributed by atoms with Gasteiger partial charge in [0, 0.05) is 23.0 Å². The van der Waals surface area contributed by atoms with Crippen molar-refractivity contribution in [1.29, 1.82) is 0 Å². The fraction of sp³-hybridized carbons (Fsp3) is 0.409. The Balaban J connectivity index is 1.82. The van der Waals surface area contributed by atoms with Gasteiger partial charge >= 0.3 is 0 Å². The van der Waals surface area contributed by atoms with E-state index in [0.717, 1.165) is 28.7 Å². The Morgan fingerprint density at radius 2 is 1.74 bits per heavy atom. The van der Waals surface area contributed by atoms with Gasteiger partial charge in [-0.3, -0.25) is 4.79 Å². The molecule has 1 aliphatic carbocycles. The van der Waals surface area contributed by atoms with Gasteiger partial charge in [0.25, 0.3) is 0 Å². The molecule has 0 unspecified atom stereocenters. The first kappa shape index (κ1) is 17.9. The first-order valence-corrected chi connectivity index (χ1v) is 9.17. The predicted molar refractivity (Wildman–Crippen MR) is 102 cm³/mol. The van der Waals surface area contributed by atoms with Crippen LogP contribution in [0.1, 0.15) is 29.3 Å². The second-order valence-corrected chi connectivity index (χ2v) is 7.52. The third kappa shape index (κ3) is 3.06. The molecule has 0 N–H and O–H groups in total. The van der Waals surface area contributed by atoms with Crippen molar-refractivity contribution >= 4 is 5.78 Å². The van der Waals surface area contributed by atoms with Crippen molar-refractivity contribution < 1.29 is 23.7 Å². The Bertz CT molecular complexity index is 883. The highest BCUT2D eigenvalue weighted by Gasteiger charge is 2.35. The lowest BCUT2D eigenvalue weighted by atomic mass is 9.90. The zero-order valence-electron chi connectivity index (χ0n) is 16.0. The fourth-order valence-electron chi connectivity index (χ4n) is 3.78. The molecule has 0 bridgehead atoms. The third-order valence-corrected chi connectivity index (χ3v) is 5.33. The largest absolute Gasteiger partial charge is 0.493 e. The van der Waals surface area contributed by atoms with Crippen LogP contribution in [0.15, 0.2) is 30.3 Å². The van der Waals surface area contributed by atoms with Gasteiger partial charge in [-0.25, -0.2) is 0 Å². The van der Waals surface area contributed by atoms with Crippen LogP contribution in [0.4, 0.5) is 0 Å². The minimum Gasteiger partial charge on any atom is -0.493 e. The number of rotatable bonds is 6. The number of methoxy groups -OCH3 is 2. The number of hydrogen-bond donors (Lipinski definition) is 0. The maximum Gasteiger partial charge on any atom is 0.203 e. The highest BCUT2D eigenvalue weighted by molar-refractivity contribution is 6.02. The lowest BCUT2D eigenvalue weighted by Crippen LogP contribution is -2.44. The number of hydrogen-bond acceptors (Lipinski definition) is 5. The van der Waals surface area contributed by atoms with Gasteiger partial charge in [0.1, 0.15) is 0 Å². The number of fused-ring (bicyclic) bond motifs is 1. The Morgan fingerprint density at radius 1 is 0.963 bits per heavy atom. The van der Waals surface area contributed by atoms with Crippen molar-refractivity contribution in [2.24, 2.45) is 5.41 Å². The Hall–Kier alpha value is -2.53. The molecule has 5 nitrogen and oxygen atoms in total. The van der Waals surface area contributed by atoms with Crippen LogP contribution < -0.4 is 14.2 Å². The van der Waals surface area contributed by atoms with Crippen LogP contribution in [-0.4, -0.2) is 39.8 Å². The van der Waals surface area contributed by atoms with E-state index in [2.05, 4.69) is 6.92 Å². The molecular weight excluding hydrogens is 344 g/mol. The first-order chi connectivity index (χ1) is 13.1. The summed E-state index contributed by atoms with van der Waals surface area (Å²) in [4.78, 5) is 12.2. The molecule has 2 aromatic carbocycles. The van der Waals surface area contributed by atoms with Gasteiger partial charge in [-0.15, -0.1) is 0 Å². The Kier molecular flexibility index (Phi) is 4.56. The number of ether oxygens (including phenoxy) is 4. The molecular formula is C22H24O5. The van der Waals surface area contributed by atoms with Gasteiger partial charge in [-0.1, -0.05) is 25.1 Å². The molecule has 27 heavy (non-hydrogen) atoms. The minimum atomic E-state index is -0.0000405. The molecule has 4 rings (SSSR count). The highest BCUT2D eigenvalue weighted by atomic mass is 16.5. The number of ketones is 1. The predicted octanol–water partition coefficient (Wildman–Crippen LogP) is 3.92. The number of carbonyl (C=O) groups is 1. The Morgan fingerprint density at radius 3 is 2.41 bits per heavy atom. The van der Waals surface area contributed by atoms with E-state index in [-0.39, 0.29) is 11.2 Å². The standard InChI is InChI=1S/C22H24O5/c1-22(11-26-12-22)13-27-20-17(8-10-19(24-2)21(20)25-3)14-5-4-6-16-15(14)7-9-18(16)23/h4-6,8,10H,7,9,11-13H2,1-3H3. The van der Waals surface area contributed by atoms with Crippen molar-refractivity contribution in [2.75, 3.05) is 34.0 Å². The summed E-state index contributed by atoms with van der Waals surface area (Å²) in [5.74, 6) is 2.04. The highest BCUT2D eigenvalue weighted by Crippen LogP contribution is 2.47. The fourth-order valence-corrected chi connectivity index (χ4v) is 3.78. The van der Waals surface area contributed by atoms with Gasteiger partial charge in [-0.05, 0) is 29.7 Å². The van der Waals surface area contributed by atoms with Crippen molar-refractivity contribution in [1.82, 2.24) is 0 Å². The van der Waals surface area contributed by atoms with E-state index in [9.17, 15) is 4.79 Å². The van der Waals surface area contributed by atoms with Crippen LogP contribution in [0.5, 0.6) is 17.2 Å². The van der Waals surface area contributed by atoms with Crippen molar-refractivity contribution in [2.45, 2.75) is 19.8 Å². The molecule has 0 aromatic heterocycles. The molecule has 0 radical (unpaired) electrons. The maximum atomic E-state index is 12.2. The molecule has 1 heterocycles. The van der Waals surface area contributed by atoms with E-state index in [1.165, 1.54) is 0 Å². The van der Waals surface area contributed by atoms with E-state index in [1.54, 1.807) is 14.2 Å². The van der Waals surface area contributed by atoms with Gasteiger partial charge in [0.05, 0.1) is 34.0 Å². The zero-order chi connectivity index (χ0) is 19.0. The second kappa shape index (κ2) is 6.89. The molecule has 2 aliphatic rings. The summed E-state index contributed by atoms with van der Waals surface area (Å²) >= 11 is 0. The van der Waals surface area contributed by atoms with Gasteiger partial charge in [0.2, 0.25) is 5.75 Å². The summed E-state index contributed by atoms with van der Waals surface area (Å²) in [5, 5.41) is 0. The lowest BCUT2D eigenvalue weighted by molar-refractivity contribution is -0.120. The molecule has 1 fully saturated rings. The SMILES string of the molecule is COc1ccc(-c2cccc3c2CCC3=O)c(OCC2(C)COC2)c1OC. The topological polar surface area (TPSA) is 54.0 Å². The second-order valence-electron chi connectivity index (χ2n) is 7.52. The first-order valence-electron chi connectivity index (χ1n) is 9.17. The smallest absolute Gasteiger partial charge is 0.203 e. The van der Waals surface area contributed by atoms with Gasteiger partial charge in [-0.2, -0.15) is 0 Å². The van der Waals surface area contributed by atoms with Gasteiger partial charge < -0.3 is 18.9 Å². The molecule has 0 saturated carbocycles. The zero-order valence-corrected chi connectivity index (χ0v) is 16.0. The monoisotopic (exact) mass is 368 g/mol. The molecule has 0 atom stereocenters. The third-order valence-electron chi connectivity index (χ3n) is 5.33. The molecule has 0 spiro atoms. The molecule has 1 aliphatic heterocycles. The van der Waals surface area contributed by atoms with Gasteiger partial charge in [0.15, 0.2) is 17.3 Å². The summed E-state index contributed by atoms with van der Waals surface area (Å²) in [6.07, 6.45) is 1.31. The van der Waals surface area contributed by atoms with Crippen molar-refractivity contribution in [3.05, 3.63) is 41.5 Å². The molecule has 142 valence electrons. The minimum absolute atomic E-state index is 0.0000405.